The van der Waals surface area contributed by atoms with Gasteiger partial charge in [0, 0.05) is 0 Å². The van der Waals surface area contributed by atoms with Crippen molar-refractivity contribution in [3.05, 3.63) is 33.9 Å². The first-order chi connectivity index (χ1) is 8.45. The van der Waals surface area contributed by atoms with Gasteiger partial charge in [-0.1, -0.05) is 0 Å². The number of nitrogens with two attached hydrogens (primary N) is 1. The maximum absolute atomic E-state index is 13.8. The topological polar surface area (TPSA) is 50.9 Å². The maximum Gasteiger partial charge on any atom is 0.280 e. The molecule has 18 heavy (non-hydrogen) atoms. The minimum atomic E-state index is -2.91. The average Bonchev–Trinajstić information content (AvgIpc) is 2.34. The lowest BCUT2D eigenvalue weighted by Gasteiger charge is -2.10. The van der Waals surface area contributed by atoms with Gasteiger partial charge in [0.1, 0.15) is 17.0 Å². The number of pyridine rings is 1. The van der Waals surface area contributed by atoms with Gasteiger partial charge in [-0.15, -0.1) is 0 Å². The van der Waals surface area contributed by atoms with Gasteiger partial charge in [0.15, 0.2) is 5.82 Å². The highest BCUT2D eigenvalue weighted by atomic mass is 79.9. The van der Waals surface area contributed by atoms with Crippen LogP contribution in [0.5, 0.6) is 0 Å². The number of rotatable bonds is 2. The monoisotopic (exact) mass is 323 g/mol. The minimum absolute atomic E-state index is 0.143. The van der Waals surface area contributed by atoms with E-state index in [4.69, 9.17) is 5.84 Å². The fourth-order valence-electron chi connectivity index (χ4n) is 1.55. The summed E-state index contributed by atoms with van der Waals surface area (Å²) in [4.78, 5) is 3.40. The van der Waals surface area contributed by atoms with Crippen molar-refractivity contribution < 1.29 is 17.6 Å². The van der Waals surface area contributed by atoms with E-state index < -0.39 is 29.3 Å². The Morgan fingerprint density at radius 2 is 1.94 bits per heavy atom. The maximum atomic E-state index is 13.8. The standard InChI is InChI=1S/C10H6BrF4N3/c11-3-1-4(12)9-7(8(3)13)5(18-16)2-6(17-9)10(14)15/h1-2,10H,16H2,(H,17,18). The Labute approximate surface area is 107 Å². The number of benzene rings is 1. The number of aromatic nitrogens is 1. The Hall–Kier alpha value is -1.41. The van der Waals surface area contributed by atoms with Crippen LogP contribution in [0.2, 0.25) is 0 Å². The molecular formula is C10H6BrF4N3. The Balaban J connectivity index is 2.91. The number of fused-ring (bicyclic) bond motifs is 1. The van der Waals surface area contributed by atoms with Crippen molar-refractivity contribution in [1.29, 1.82) is 0 Å². The normalized spacial score (nSPS) is 11.3. The van der Waals surface area contributed by atoms with Crippen LogP contribution < -0.4 is 11.3 Å². The molecule has 0 bridgehead atoms. The molecule has 0 amide bonds. The van der Waals surface area contributed by atoms with Crippen LogP contribution in [0.15, 0.2) is 16.6 Å². The fourth-order valence-corrected chi connectivity index (χ4v) is 1.95. The van der Waals surface area contributed by atoms with Crippen LogP contribution in [-0.4, -0.2) is 4.98 Å². The largest absolute Gasteiger partial charge is 0.323 e. The third-order valence-electron chi connectivity index (χ3n) is 2.33. The van der Waals surface area contributed by atoms with Gasteiger partial charge in [-0.25, -0.2) is 22.5 Å². The van der Waals surface area contributed by atoms with Crippen LogP contribution in [0.1, 0.15) is 12.1 Å². The third kappa shape index (κ3) is 2.01. The molecule has 0 unspecified atom stereocenters. The molecule has 2 rings (SSSR count). The van der Waals surface area contributed by atoms with Crippen molar-refractivity contribution in [2.24, 2.45) is 5.84 Å². The highest BCUT2D eigenvalue weighted by Crippen LogP contribution is 2.33. The van der Waals surface area contributed by atoms with E-state index in [9.17, 15) is 17.6 Å². The second-order valence-corrected chi connectivity index (χ2v) is 4.27. The van der Waals surface area contributed by atoms with Crippen molar-refractivity contribution in [3.63, 3.8) is 0 Å². The predicted molar refractivity (Wildman–Crippen MR) is 62.1 cm³/mol. The average molecular weight is 324 g/mol. The van der Waals surface area contributed by atoms with Gasteiger partial charge in [0.25, 0.3) is 6.43 Å². The zero-order valence-corrected chi connectivity index (χ0v) is 10.2. The Morgan fingerprint density at radius 1 is 1.28 bits per heavy atom. The molecule has 0 aliphatic rings. The molecule has 0 atom stereocenters. The molecule has 96 valence electrons. The number of hydrogen-bond acceptors (Lipinski definition) is 3. The second-order valence-electron chi connectivity index (χ2n) is 3.42. The van der Waals surface area contributed by atoms with Crippen LogP contribution >= 0.6 is 15.9 Å². The number of nitrogen functional groups attached to an aromatic ring is 1. The van der Waals surface area contributed by atoms with Crippen LogP contribution in [0, 0.1) is 11.6 Å². The summed E-state index contributed by atoms with van der Waals surface area (Å²) in [7, 11) is 0. The molecule has 2 aromatic rings. The van der Waals surface area contributed by atoms with Gasteiger partial charge in [-0.2, -0.15) is 0 Å². The summed E-state index contributed by atoms with van der Waals surface area (Å²) in [6, 6.07) is 1.70. The van der Waals surface area contributed by atoms with E-state index in [-0.39, 0.29) is 15.5 Å². The minimum Gasteiger partial charge on any atom is -0.323 e. The molecule has 0 saturated heterocycles. The summed E-state index contributed by atoms with van der Waals surface area (Å²) in [5, 5.41) is -0.284. The van der Waals surface area contributed by atoms with Gasteiger partial charge in [-0.05, 0) is 28.1 Å². The van der Waals surface area contributed by atoms with Crippen molar-refractivity contribution in [2.75, 3.05) is 5.43 Å². The summed E-state index contributed by atoms with van der Waals surface area (Å²) in [6.45, 7) is 0. The summed E-state index contributed by atoms with van der Waals surface area (Å²) >= 11 is 2.82. The summed E-state index contributed by atoms with van der Waals surface area (Å²) < 4.78 is 52.4. The molecule has 0 radical (unpaired) electrons. The molecule has 1 aromatic heterocycles. The molecule has 3 N–H and O–H groups in total. The molecular weight excluding hydrogens is 318 g/mol. The highest BCUT2D eigenvalue weighted by Gasteiger charge is 2.19. The number of alkyl halides is 2. The van der Waals surface area contributed by atoms with E-state index in [1.54, 1.807) is 0 Å². The van der Waals surface area contributed by atoms with Crippen molar-refractivity contribution in [2.45, 2.75) is 6.43 Å². The molecule has 0 spiro atoms. The van der Waals surface area contributed by atoms with Crippen molar-refractivity contribution >= 4 is 32.5 Å². The van der Waals surface area contributed by atoms with Crippen LogP contribution in [0.25, 0.3) is 10.9 Å². The third-order valence-corrected chi connectivity index (χ3v) is 2.90. The smallest absolute Gasteiger partial charge is 0.280 e. The first kappa shape index (κ1) is 13.0. The van der Waals surface area contributed by atoms with Gasteiger partial charge >= 0.3 is 0 Å². The summed E-state index contributed by atoms with van der Waals surface area (Å²) in [5.41, 5.74) is 0.718. The van der Waals surface area contributed by atoms with Gasteiger partial charge < -0.3 is 5.43 Å². The lowest BCUT2D eigenvalue weighted by Crippen LogP contribution is -2.10. The SMILES string of the molecule is NNc1cc(C(F)F)nc2c(F)cc(Br)c(F)c12. The Kier molecular flexibility index (Phi) is 3.40. The van der Waals surface area contributed by atoms with E-state index in [0.717, 1.165) is 12.1 Å². The van der Waals surface area contributed by atoms with Gasteiger partial charge in [-0.3, -0.25) is 5.84 Å². The van der Waals surface area contributed by atoms with Crippen molar-refractivity contribution in [3.8, 4) is 0 Å². The summed E-state index contributed by atoms with van der Waals surface area (Å²) in [6.07, 6.45) is -2.91. The van der Waals surface area contributed by atoms with Crippen molar-refractivity contribution in [1.82, 2.24) is 4.98 Å². The quantitative estimate of drug-likeness (QED) is 0.385. The van der Waals surface area contributed by atoms with Gasteiger partial charge in [0.2, 0.25) is 0 Å². The van der Waals surface area contributed by atoms with Crippen LogP contribution in [0.4, 0.5) is 23.2 Å². The molecule has 1 heterocycles. The van der Waals surface area contributed by atoms with E-state index in [1.807, 2.05) is 0 Å². The van der Waals surface area contributed by atoms with E-state index in [1.165, 1.54) is 0 Å². The molecule has 0 aliphatic carbocycles. The number of hydrazine groups is 1. The van der Waals surface area contributed by atoms with E-state index in [0.29, 0.717) is 0 Å². The fraction of sp³-hybridized carbons (Fsp3) is 0.100. The zero-order valence-electron chi connectivity index (χ0n) is 8.65. The number of halogens is 5. The second kappa shape index (κ2) is 4.69. The highest BCUT2D eigenvalue weighted by molar-refractivity contribution is 9.10. The first-order valence-corrected chi connectivity index (χ1v) is 5.48. The number of anilines is 1. The molecule has 0 aliphatic heterocycles. The van der Waals surface area contributed by atoms with E-state index >= 15 is 0 Å². The molecule has 3 nitrogen and oxygen atoms in total. The first-order valence-electron chi connectivity index (χ1n) is 4.68. The van der Waals surface area contributed by atoms with Crippen LogP contribution in [-0.2, 0) is 0 Å². The number of hydrogen-bond donors (Lipinski definition) is 2. The molecule has 1 aromatic carbocycles. The van der Waals surface area contributed by atoms with Crippen LogP contribution in [0.3, 0.4) is 0 Å². The predicted octanol–water partition coefficient (Wildman–Crippen LogP) is 3.50. The van der Waals surface area contributed by atoms with E-state index in [2.05, 4.69) is 26.3 Å². The number of nitrogens with zero attached hydrogens (tertiary/aromatic N) is 1. The lowest BCUT2D eigenvalue weighted by atomic mass is 10.1. The Morgan fingerprint density at radius 3 is 2.50 bits per heavy atom. The Bertz CT molecular complexity index is 618. The molecule has 0 fully saturated rings. The lowest BCUT2D eigenvalue weighted by molar-refractivity contribution is 0.146. The summed E-state index contributed by atoms with van der Waals surface area (Å²) in [5.74, 6) is 3.38. The zero-order chi connectivity index (χ0) is 13.4. The molecule has 0 saturated carbocycles. The van der Waals surface area contributed by atoms with Gasteiger partial charge in [0.05, 0.1) is 15.5 Å². The number of nitrogens with one attached hydrogen (secondary N) is 1. The molecule has 8 heteroatoms.